The normalized spacial score (nSPS) is 34.5. The maximum Gasteiger partial charge on any atom is 0.154 e. The minimum absolute atomic E-state index is 0.0193. The number of rotatable bonds is 1. The molecule has 3 aliphatic rings. The molecule has 1 saturated carbocycles. The monoisotopic (exact) mass is 445 g/mol. The highest BCUT2D eigenvalue weighted by molar-refractivity contribution is 9.10. The van der Waals surface area contributed by atoms with E-state index in [1.807, 2.05) is 24.3 Å². The van der Waals surface area contributed by atoms with Crippen molar-refractivity contribution in [2.75, 3.05) is 5.75 Å². The Morgan fingerprint density at radius 1 is 1.33 bits per heavy atom. The largest absolute Gasteiger partial charge is 0.490 e. The Balaban J connectivity index is 1.62. The van der Waals surface area contributed by atoms with E-state index in [-0.39, 0.29) is 12.0 Å². The third kappa shape index (κ3) is 2.70. The second-order valence-electron chi connectivity index (χ2n) is 7.58. The predicted molar refractivity (Wildman–Crippen MR) is 110 cm³/mol. The number of benzene rings is 1. The maximum absolute atomic E-state index is 11.5. The Labute approximate surface area is 170 Å². The number of thioether (sulfide) groups is 1. The van der Waals surface area contributed by atoms with Crippen LogP contribution in [0.25, 0.3) is 0 Å². The lowest BCUT2D eigenvalue weighted by Gasteiger charge is -2.51. The highest BCUT2D eigenvalue weighted by atomic mass is 79.9. The standard InChI is InChI=1S/C20H20BrN3O2S/c21-13-3-4-16-14(8-13)20(11-27-18(22)24-20)15-9-19(25,6-5-17(15)26-16)12-2-1-7-23-10-12/h1-4,7-8,10,15,17,25H,5-6,9,11H2,(H2,22,24)/t15-,17?,19?,20+/m0/s1. The van der Waals surface area contributed by atoms with Crippen LogP contribution in [0.15, 0.2) is 52.2 Å². The average molecular weight is 446 g/mol. The molecule has 2 aliphatic heterocycles. The SMILES string of the molecule is NC1=N[C@]2(CS1)c1cc(Br)ccc1OC1CCC(O)(c3cccnc3)C[C@@H]12. The number of amidine groups is 1. The highest BCUT2D eigenvalue weighted by Crippen LogP contribution is 2.57. The first kappa shape index (κ1) is 17.5. The summed E-state index contributed by atoms with van der Waals surface area (Å²) in [5.41, 5.74) is 6.65. The number of aliphatic imine (C=N–C) groups is 1. The van der Waals surface area contributed by atoms with Crippen LogP contribution >= 0.6 is 27.7 Å². The van der Waals surface area contributed by atoms with Crippen molar-refractivity contribution in [3.8, 4) is 5.75 Å². The molecule has 2 aromatic rings. The first-order valence-electron chi connectivity index (χ1n) is 9.08. The van der Waals surface area contributed by atoms with Crippen LogP contribution in [0, 0.1) is 5.92 Å². The van der Waals surface area contributed by atoms with Gasteiger partial charge in [0.2, 0.25) is 0 Å². The molecule has 1 aromatic heterocycles. The van der Waals surface area contributed by atoms with Gasteiger partial charge in [-0.15, -0.1) is 0 Å². The summed E-state index contributed by atoms with van der Waals surface area (Å²) in [5.74, 6) is 1.70. The summed E-state index contributed by atoms with van der Waals surface area (Å²) in [7, 11) is 0. The fourth-order valence-corrected chi connectivity index (χ4v) is 6.17. The fourth-order valence-electron chi connectivity index (χ4n) is 4.78. The number of fused-ring (bicyclic) bond motifs is 4. The summed E-state index contributed by atoms with van der Waals surface area (Å²) in [6.07, 6.45) is 5.51. The quantitative estimate of drug-likeness (QED) is 0.701. The molecule has 5 rings (SSSR count). The summed E-state index contributed by atoms with van der Waals surface area (Å²) in [6, 6.07) is 9.92. The van der Waals surface area contributed by atoms with Crippen LogP contribution in [0.1, 0.15) is 30.4 Å². The van der Waals surface area contributed by atoms with E-state index in [4.69, 9.17) is 15.5 Å². The number of nitrogens with zero attached hydrogens (tertiary/aromatic N) is 2. The molecule has 7 heteroatoms. The van der Waals surface area contributed by atoms with Gasteiger partial charge in [0, 0.05) is 39.7 Å². The lowest BCUT2D eigenvalue weighted by Crippen LogP contribution is -2.54. The van der Waals surface area contributed by atoms with Gasteiger partial charge in [-0.25, -0.2) is 4.99 Å². The third-order valence-electron chi connectivity index (χ3n) is 6.10. The Bertz CT molecular complexity index is 925. The minimum Gasteiger partial charge on any atom is -0.490 e. The van der Waals surface area contributed by atoms with E-state index in [0.29, 0.717) is 18.0 Å². The van der Waals surface area contributed by atoms with Gasteiger partial charge in [0.05, 0.1) is 5.60 Å². The summed E-state index contributed by atoms with van der Waals surface area (Å²) < 4.78 is 7.37. The Kier molecular flexibility index (Phi) is 4.04. The smallest absolute Gasteiger partial charge is 0.154 e. The Morgan fingerprint density at radius 2 is 2.22 bits per heavy atom. The molecule has 3 N–H and O–H groups in total. The molecule has 0 saturated heterocycles. The molecule has 1 spiro atoms. The molecule has 5 nitrogen and oxygen atoms in total. The first-order chi connectivity index (χ1) is 13.0. The number of pyridine rings is 1. The van der Waals surface area contributed by atoms with E-state index in [2.05, 4.69) is 27.0 Å². The molecule has 3 heterocycles. The van der Waals surface area contributed by atoms with Gasteiger partial charge in [-0.1, -0.05) is 33.8 Å². The number of hydrogen-bond donors (Lipinski definition) is 2. The van der Waals surface area contributed by atoms with E-state index in [9.17, 15) is 5.11 Å². The number of hydrogen-bond acceptors (Lipinski definition) is 6. The number of aliphatic hydroxyl groups is 1. The number of nitrogens with two attached hydrogens (primary N) is 1. The summed E-state index contributed by atoms with van der Waals surface area (Å²) in [4.78, 5) is 9.14. The first-order valence-corrected chi connectivity index (χ1v) is 10.9. The zero-order chi connectivity index (χ0) is 18.6. The predicted octanol–water partition coefficient (Wildman–Crippen LogP) is 3.55. The molecule has 1 aliphatic carbocycles. The van der Waals surface area contributed by atoms with Crippen LogP contribution in [-0.2, 0) is 11.1 Å². The molecule has 140 valence electrons. The second kappa shape index (κ2) is 6.22. The molecule has 0 amide bonds. The molecule has 27 heavy (non-hydrogen) atoms. The van der Waals surface area contributed by atoms with E-state index in [1.165, 1.54) is 0 Å². The van der Waals surface area contributed by atoms with Crippen LogP contribution in [-0.4, -0.2) is 27.1 Å². The van der Waals surface area contributed by atoms with Gasteiger partial charge < -0.3 is 15.6 Å². The third-order valence-corrected chi connectivity index (χ3v) is 7.56. The Hall–Kier alpha value is -1.57. The number of ether oxygens (including phenoxy) is 1. The maximum atomic E-state index is 11.5. The highest BCUT2D eigenvalue weighted by Gasteiger charge is 2.57. The number of aromatic nitrogens is 1. The fraction of sp³-hybridized carbons (Fsp3) is 0.400. The van der Waals surface area contributed by atoms with Gasteiger partial charge in [-0.3, -0.25) is 4.98 Å². The van der Waals surface area contributed by atoms with Gasteiger partial charge in [0.25, 0.3) is 0 Å². The molecule has 1 aromatic carbocycles. The van der Waals surface area contributed by atoms with Crippen LogP contribution in [0.2, 0.25) is 0 Å². The number of halogens is 1. The molecule has 0 bridgehead atoms. The van der Waals surface area contributed by atoms with Crippen LogP contribution < -0.4 is 10.5 Å². The van der Waals surface area contributed by atoms with Crippen molar-refractivity contribution in [2.45, 2.75) is 36.5 Å². The van der Waals surface area contributed by atoms with Crippen molar-refractivity contribution in [1.29, 1.82) is 0 Å². The van der Waals surface area contributed by atoms with E-state index in [1.54, 1.807) is 24.2 Å². The lowest BCUT2D eigenvalue weighted by atomic mass is 9.63. The van der Waals surface area contributed by atoms with Gasteiger partial charge in [0.1, 0.15) is 17.4 Å². The molecule has 0 radical (unpaired) electrons. The Morgan fingerprint density at radius 3 is 2.96 bits per heavy atom. The van der Waals surface area contributed by atoms with Gasteiger partial charge >= 0.3 is 0 Å². The zero-order valence-electron chi connectivity index (χ0n) is 14.6. The molecular weight excluding hydrogens is 426 g/mol. The minimum atomic E-state index is -0.924. The van der Waals surface area contributed by atoms with Crippen molar-refractivity contribution in [2.24, 2.45) is 16.6 Å². The van der Waals surface area contributed by atoms with Crippen molar-refractivity contribution in [3.05, 3.63) is 58.3 Å². The van der Waals surface area contributed by atoms with E-state index < -0.39 is 11.1 Å². The van der Waals surface area contributed by atoms with Crippen molar-refractivity contribution < 1.29 is 9.84 Å². The molecule has 4 atom stereocenters. The van der Waals surface area contributed by atoms with Crippen molar-refractivity contribution >= 4 is 32.9 Å². The van der Waals surface area contributed by atoms with E-state index >= 15 is 0 Å². The van der Waals surface area contributed by atoms with Crippen LogP contribution in [0.3, 0.4) is 0 Å². The van der Waals surface area contributed by atoms with E-state index in [0.717, 1.165) is 33.5 Å². The van der Waals surface area contributed by atoms with Gasteiger partial charge in [-0.05, 0) is 43.5 Å². The summed E-state index contributed by atoms with van der Waals surface area (Å²) >= 11 is 5.17. The molecule has 2 unspecified atom stereocenters. The average Bonchev–Trinajstić information content (AvgIpc) is 3.07. The molecular formula is C20H20BrN3O2S. The summed E-state index contributed by atoms with van der Waals surface area (Å²) in [6.45, 7) is 0. The zero-order valence-corrected chi connectivity index (χ0v) is 17.0. The van der Waals surface area contributed by atoms with Crippen LogP contribution in [0.5, 0.6) is 5.75 Å². The topological polar surface area (TPSA) is 80.7 Å². The van der Waals surface area contributed by atoms with Crippen LogP contribution in [0.4, 0.5) is 0 Å². The summed E-state index contributed by atoms with van der Waals surface area (Å²) in [5, 5.41) is 12.1. The lowest BCUT2D eigenvalue weighted by molar-refractivity contribution is -0.0875. The van der Waals surface area contributed by atoms with Crippen molar-refractivity contribution in [3.63, 3.8) is 0 Å². The van der Waals surface area contributed by atoms with Gasteiger partial charge in [-0.2, -0.15) is 0 Å². The van der Waals surface area contributed by atoms with Crippen molar-refractivity contribution in [1.82, 2.24) is 4.98 Å². The second-order valence-corrected chi connectivity index (χ2v) is 9.49. The molecule has 1 fully saturated rings. The van der Waals surface area contributed by atoms with Gasteiger partial charge in [0.15, 0.2) is 5.17 Å².